The molecule has 1 aromatic rings. The first-order chi connectivity index (χ1) is 8.86. The highest BCUT2D eigenvalue weighted by Crippen LogP contribution is 2.26. The summed E-state index contributed by atoms with van der Waals surface area (Å²) < 4.78 is 32.4. The minimum atomic E-state index is -3.58. The Morgan fingerprint density at radius 3 is 2.53 bits per heavy atom. The van der Waals surface area contributed by atoms with Gasteiger partial charge in [0.1, 0.15) is 4.90 Å². The normalized spacial score (nSPS) is 25.7. The van der Waals surface area contributed by atoms with Gasteiger partial charge in [0.2, 0.25) is 10.0 Å². The molecule has 6 nitrogen and oxygen atoms in total. The Balaban J connectivity index is 2.39. The van der Waals surface area contributed by atoms with Crippen molar-refractivity contribution in [1.29, 1.82) is 0 Å². The molecule has 1 saturated heterocycles. The summed E-state index contributed by atoms with van der Waals surface area (Å²) in [5.74, 6) is 0.0638. The van der Waals surface area contributed by atoms with Crippen LogP contribution in [-0.2, 0) is 20.6 Å². The Labute approximate surface area is 118 Å². The first kappa shape index (κ1) is 14.8. The summed E-state index contributed by atoms with van der Waals surface area (Å²) in [6, 6.07) is 0. The second kappa shape index (κ2) is 5.40. The number of alkyl halides is 1. The lowest BCUT2D eigenvalue weighted by atomic mass is 10.3. The van der Waals surface area contributed by atoms with Crippen molar-refractivity contribution in [2.24, 2.45) is 0 Å². The Morgan fingerprint density at radius 1 is 1.42 bits per heavy atom. The fourth-order valence-corrected chi connectivity index (χ4v) is 4.55. The van der Waals surface area contributed by atoms with Crippen molar-refractivity contribution in [3.05, 3.63) is 11.4 Å². The molecule has 0 unspecified atom stereocenters. The van der Waals surface area contributed by atoms with Crippen molar-refractivity contribution in [2.75, 3.05) is 13.1 Å². The smallest absolute Gasteiger partial charge is 0.246 e. The molecule has 1 aromatic heterocycles. The second-order valence-corrected chi connectivity index (χ2v) is 6.98. The van der Waals surface area contributed by atoms with E-state index < -0.39 is 10.0 Å². The highest BCUT2D eigenvalue weighted by molar-refractivity contribution is 7.89. The van der Waals surface area contributed by atoms with Crippen molar-refractivity contribution in [2.45, 2.75) is 43.8 Å². The SMILES string of the molecule is Cc1[nH]nc(CCl)c1S(=O)(=O)N1C[C@@H](C)O[C@@H](C)C1. The van der Waals surface area contributed by atoms with Gasteiger partial charge < -0.3 is 4.74 Å². The third kappa shape index (κ3) is 2.79. The molecule has 0 aromatic carbocycles. The zero-order valence-electron chi connectivity index (χ0n) is 11.2. The van der Waals surface area contributed by atoms with Gasteiger partial charge in [-0.05, 0) is 20.8 Å². The maximum absolute atomic E-state index is 12.7. The van der Waals surface area contributed by atoms with E-state index in [4.69, 9.17) is 16.3 Å². The number of nitrogens with one attached hydrogen (secondary N) is 1. The number of aromatic amines is 1. The number of morpholine rings is 1. The van der Waals surface area contributed by atoms with Crippen molar-refractivity contribution in [3.63, 3.8) is 0 Å². The number of aromatic nitrogens is 2. The van der Waals surface area contributed by atoms with Crippen LogP contribution < -0.4 is 0 Å². The summed E-state index contributed by atoms with van der Waals surface area (Å²) in [5, 5.41) is 6.62. The number of hydrogen-bond donors (Lipinski definition) is 1. The van der Waals surface area contributed by atoms with Crippen LogP contribution in [0, 0.1) is 6.92 Å². The van der Waals surface area contributed by atoms with Crippen LogP contribution in [0.2, 0.25) is 0 Å². The highest BCUT2D eigenvalue weighted by atomic mass is 35.5. The predicted octanol–water partition coefficient (Wildman–Crippen LogP) is 1.25. The Bertz CT molecular complexity index is 548. The van der Waals surface area contributed by atoms with Crippen LogP contribution in [0.3, 0.4) is 0 Å². The number of aryl methyl sites for hydroxylation is 1. The van der Waals surface area contributed by atoms with Crippen molar-refractivity contribution in [3.8, 4) is 0 Å². The number of nitrogens with zero attached hydrogens (tertiary/aromatic N) is 2. The van der Waals surface area contributed by atoms with Crippen molar-refractivity contribution in [1.82, 2.24) is 14.5 Å². The Hall–Kier alpha value is -0.630. The third-order valence-corrected chi connectivity index (χ3v) is 5.36. The number of halogens is 1. The van der Waals surface area contributed by atoms with E-state index in [1.807, 2.05) is 13.8 Å². The summed E-state index contributed by atoms with van der Waals surface area (Å²) in [5.41, 5.74) is 0.883. The van der Waals surface area contributed by atoms with E-state index in [2.05, 4.69) is 10.2 Å². The zero-order chi connectivity index (χ0) is 14.2. The average Bonchev–Trinajstić information content (AvgIpc) is 2.69. The molecule has 1 fully saturated rings. The van der Waals surface area contributed by atoms with E-state index in [1.54, 1.807) is 6.92 Å². The van der Waals surface area contributed by atoms with E-state index in [1.165, 1.54) is 4.31 Å². The molecule has 2 rings (SSSR count). The fourth-order valence-electron chi connectivity index (χ4n) is 2.36. The van der Waals surface area contributed by atoms with Gasteiger partial charge in [-0.15, -0.1) is 11.6 Å². The van der Waals surface area contributed by atoms with Gasteiger partial charge in [0.25, 0.3) is 0 Å². The van der Waals surface area contributed by atoms with Gasteiger partial charge in [0.05, 0.1) is 29.5 Å². The fraction of sp³-hybridized carbons (Fsp3) is 0.727. The molecule has 0 aliphatic carbocycles. The quantitative estimate of drug-likeness (QED) is 0.853. The van der Waals surface area contributed by atoms with E-state index in [0.29, 0.717) is 24.5 Å². The molecule has 1 N–H and O–H groups in total. The molecule has 0 amide bonds. The zero-order valence-corrected chi connectivity index (χ0v) is 12.8. The van der Waals surface area contributed by atoms with Gasteiger partial charge in [0, 0.05) is 13.1 Å². The summed E-state index contributed by atoms with van der Waals surface area (Å²) in [4.78, 5) is 0.198. The Kier molecular flexibility index (Phi) is 4.20. The number of rotatable bonds is 3. The second-order valence-electron chi connectivity index (χ2n) is 4.84. The maximum Gasteiger partial charge on any atom is 0.246 e. The number of H-pyrrole nitrogens is 1. The molecular weight excluding hydrogens is 290 g/mol. The van der Waals surface area contributed by atoms with Crippen LogP contribution in [0.15, 0.2) is 4.90 Å². The molecular formula is C11H18ClN3O3S. The van der Waals surface area contributed by atoms with Crippen LogP contribution in [0.25, 0.3) is 0 Å². The molecule has 0 radical (unpaired) electrons. The van der Waals surface area contributed by atoms with Gasteiger partial charge in [-0.3, -0.25) is 5.10 Å². The van der Waals surface area contributed by atoms with E-state index in [9.17, 15) is 8.42 Å². The molecule has 0 spiro atoms. The van der Waals surface area contributed by atoms with Gasteiger partial charge in [-0.1, -0.05) is 0 Å². The minimum Gasteiger partial charge on any atom is -0.373 e. The first-order valence-electron chi connectivity index (χ1n) is 6.11. The van der Waals surface area contributed by atoms with Crippen molar-refractivity contribution < 1.29 is 13.2 Å². The average molecular weight is 308 g/mol. The van der Waals surface area contributed by atoms with Gasteiger partial charge in [-0.2, -0.15) is 9.40 Å². The minimum absolute atomic E-state index is 0.0638. The molecule has 0 saturated carbocycles. The summed E-state index contributed by atoms with van der Waals surface area (Å²) in [6.45, 7) is 6.10. The number of hydrogen-bond acceptors (Lipinski definition) is 4. The molecule has 0 bridgehead atoms. The lowest BCUT2D eigenvalue weighted by molar-refractivity contribution is -0.0441. The van der Waals surface area contributed by atoms with Gasteiger partial charge in [-0.25, -0.2) is 8.42 Å². The number of ether oxygens (including phenoxy) is 1. The monoisotopic (exact) mass is 307 g/mol. The van der Waals surface area contributed by atoms with E-state index >= 15 is 0 Å². The topological polar surface area (TPSA) is 75.3 Å². The maximum atomic E-state index is 12.7. The van der Waals surface area contributed by atoms with Crippen molar-refractivity contribution >= 4 is 21.6 Å². The summed E-state index contributed by atoms with van der Waals surface area (Å²) in [7, 11) is -3.58. The molecule has 1 aliphatic rings. The van der Waals surface area contributed by atoms with Crippen LogP contribution in [0.5, 0.6) is 0 Å². The standard InChI is InChI=1S/C11H18ClN3O3S/c1-7-5-15(6-8(2)18-7)19(16,17)11-9(3)13-14-10(11)4-12/h7-8H,4-6H2,1-3H3,(H,13,14)/t7-,8+. The van der Waals surface area contributed by atoms with Crippen LogP contribution in [-0.4, -0.2) is 48.2 Å². The highest BCUT2D eigenvalue weighted by Gasteiger charge is 2.35. The van der Waals surface area contributed by atoms with E-state index in [-0.39, 0.29) is 23.0 Å². The van der Waals surface area contributed by atoms with E-state index in [0.717, 1.165) is 0 Å². The molecule has 2 atom stereocenters. The largest absolute Gasteiger partial charge is 0.373 e. The molecule has 1 aliphatic heterocycles. The molecule has 108 valence electrons. The third-order valence-electron chi connectivity index (χ3n) is 3.07. The first-order valence-corrected chi connectivity index (χ1v) is 8.09. The summed E-state index contributed by atoms with van der Waals surface area (Å²) in [6.07, 6.45) is -0.240. The van der Waals surface area contributed by atoms with Gasteiger partial charge in [0.15, 0.2) is 0 Å². The van der Waals surface area contributed by atoms with Gasteiger partial charge >= 0.3 is 0 Å². The molecule has 19 heavy (non-hydrogen) atoms. The lowest BCUT2D eigenvalue weighted by Gasteiger charge is -2.34. The summed E-state index contributed by atoms with van der Waals surface area (Å²) >= 11 is 5.76. The number of sulfonamides is 1. The van der Waals surface area contributed by atoms with Crippen LogP contribution >= 0.6 is 11.6 Å². The Morgan fingerprint density at radius 2 is 2.00 bits per heavy atom. The molecule has 8 heteroatoms. The van der Waals surface area contributed by atoms with Crippen LogP contribution in [0.1, 0.15) is 25.2 Å². The lowest BCUT2D eigenvalue weighted by Crippen LogP contribution is -2.48. The molecule has 2 heterocycles. The van der Waals surface area contributed by atoms with Crippen LogP contribution in [0.4, 0.5) is 0 Å². The predicted molar refractivity (Wildman–Crippen MR) is 71.6 cm³/mol.